The topological polar surface area (TPSA) is 0 Å². The molecule has 0 N–H and O–H groups in total. The summed E-state index contributed by atoms with van der Waals surface area (Å²) in [6, 6.07) is 4.81. The van der Waals surface area contributed by atoms with Crippen LogP contribution in [0.5, 0.6) is 0 Å². The Hall–Kier alpha value is 0.133. The quantitative estimate of drug-likeness (QED) is 0.669. The van der Waals surface area contributed by atoms with Crippen molar-refractivity contribution in [2.45, 2.75) is 50.1 Å². The van der Waals surface area contributed by atoms with Crippen LogP contribution in [0.25, 0.3) is 6.08 Å². The number of rotatable bonds is 3. The summed E-state index contributed by atoms with van der Waals surface area (Å²) in [5.74, 6) is 1.18. The van der Waals surface area contributed by atoms with Crippen molar-refractivity contribution in [1.29, 1.82) is 0 Å². The molecule has 0 saturated carbocycles. The Morgan fingerprint density at radius 2 is 1.78 bits per heavy atom. The molecule has 1 aliphatic rings. The van der Waals surface area contributed by atoms with Crippen molar-refractivity contribution < 1.29 is 22.0 Å². The van der Waals surface area contributed by atoms with Crippen molar-refractivity contribution in [1.82, 2.24) is 0 Å². The summed E-state index contributed by atoms with van der Waals surface area (Å²) in [5.41, 5.74) is 7.44. The van der Waals surface area contributed by atoms with Gasteiger partial charge in [0.15, 0.2) is 0 Å². The molecule has 0 heterocycles. The van der Waals surface area contributed by atoms with E-state index in [0.717, 1.165) is 0 Å². The van der Waals surface area contributed by atoms with E-state index in [9.17, 15) is 0 Å². The van der Waals surface area contributed by atoms with Crippen LogP contribution in [-0.4, -0.2) is 0 Å². The van der Waals surface area contributed by atoms with E-state index in [2.05, 4.69) is 52.8 Å². The van der Waals surface area contributed by atoms with E-state index in [-0.39, 0.29) is 0 Å². The second-order valence-electron chi connectivity index (χ2n) is 5.85. The van der Waals surface area contributed by atoms with E-state index in [4.69, 9.17) is 8.51 Å². The zero-order chi connectivity index (χ0) is 13.4. The average molecular weight is 340 g/mol. The van der Waals surface area contributed by atoms with Crippen molar-refractivity contribution >= 4 is 14.6 Å². The Morgan fingerprint density at radius 1 is 1.11 bits per heavy atom. The molecule has 1 aliphatic carbocycles. The first kappa shape index (κ1) is 14.5. The van der Waals surface area contributed by atoms with Gasteiger partial charge in [0.2, 0.25) is 0 Å². The van der Waals surface area contributed by atoms with Crippen LogP contribution >= 0.6 is 8.51 Å². The number of hydrogen-bond donors (Lipinski definition) is 0. The molecule has 0 saturated heterocycles. The van der Waals surface area contributed by atoms with Gasteiger partial charge in [-0.1, -0.05) is 0 Å². The molecule has 1 unspecified atom stereocenters. The molecule has 0 fully saturated rings. The molecule has 0 nitrogen and oxygen atoms in total. The maximum atomic E-state index is 6.32. The van der Waals surface area contributed by atoms with Gasteiger partial charge < -0.3 is 0 Å². The molecular weight excluding hydrogens is 319 g/mol. The molecule has 0 radical (unpaired) electrons. The van der Waals surface area contributed by atoms with E-state index < -0.39 is 22.0 Å². The maximum absolute atomic E-state index is 6.32. The SMILES string of the molecule is CC1=Cc2c(C(C)C)cc(C(C)C)cc2[CH]1[Zr][Cl]. The molecule has 1 aromatic carbocycles. The summed E-state index contributed by atoms with van der Waals surface area (Å²) < 4.78 is 0.585. The molecule has 2 heteroatoms. The second-order valence-corrected chi connectivity index (χ2v) is 9.10. The van der Waals surface area contributed by atoms with Crippen molar-refractivity contribution in [3.8, 4) is 0 Å². The van der Waals surface area contributed by atoms with Crippen molar-refractivity contribution in [3.05, 3.63) is 40.0 Å². The average Bonchev–Trinajstić information content (AvgIpc) is 2.62. The first-order valence-corrected chi connectivity index (χ1v) is 11.3. The summed E-state index contributed by atoms with van der Waals surface area (Å²) in [4.78, 5) is 0. The Labute approximate surface area is 126 Å². The van der Waals surface area contributed by atoms with Gasteiger partial charge in [-0.2, -0.15) is 0 Å². The van der Waals surface area contributed by atoms with Crippen LogP contribution in [-0.2, 0) is 22.0 Å². The van der Waals surface area contributed by atoms with Gasteiger partial charge >= 0.3 is 127 Å². The molecule has 1 aromatic rings. The molecule has 0 aromatic heterocycles. The van der Waals surface area contributed by atoms with Crippen LogP contribution < -0.4 is 0 Å². The van der Waals surface area contributed by atoms with Gasteiger partial charge in [-0.05, 0) is 0 Å². The summed E-state index contributed by atoms with van der Waals surface area (Å²) >= 11 is -0.819. The van der Waals surface area contributed by atoms with Crippen LogP contribution in [0.4, 0.5) is 0 Å². The fourth-order valence-corrected chi connectivity index (χ4v) is 5.86. The van der Waals surface area contributed by atoms with E-state index in [1.807, 2.05) is 0 Å². The second kappa shape index (κ2) is 5.63. The number of allylic oxidation sites excluding steroid dienone is 1. The Kier molecular flexibility index (Phi) is 4.55. The Balaban J connectivity index is 2.62. The number of benzene rings is 1. The van der Waals surface area contributed by atoms with Crippen LogP contribution in [0.1, 0.15) is 72.3 Å². The van der Waals surface area contributed by atoms with Gasteiger partial charge in [-0.25, -0.2) is 0 Å². The zero-order valence-corrected chi connectivity index (χ0v) is 15.1. The van der Waals surface area contributed by atoms with Gasteiger partial charge in [0.05, 0.1) is 0 Å². The molecule has 1 atom stereocenters. The minimum absolute atomic E-state index is 0.584. The third-order valence-electron chi connectivity index (χ3n) is 3.80. The van der Waals surface area contributed by atoms with Crippen LogP contribution in [0.2, 0.25) is 0 Å². The van der Waals surface area contributed by atoms with E-state index in [0.29, 0.717) is 15.5 Å². The fraction of sp³-hybridized carbons (Fsp3) is 0.500. The summed E-state index contributed by atoms with van der Waals surface area (Å²) in [7, 11) is 6.32. The van der Waals surface area contributed by atoms with Crippen LogP contribution in [0.3, 0.4) is 0 Å². The Morgan fingerprint density at radius 3 is 2.28 bits per heavy atom. The monoisotopic (exact) mass is 338 g/mol. The number of fused-ring (bicyclic) bond motifs is 1. The number of halogens is 1. The molecule has 2 rings (SSSR count). The molecule has 18 heavy (non-hydrogen) atoms. The predicted octanol–water partition coefficient (Wildman–Crippen LogP) is 5.63. The molecule has 0 amide bonds. The van der Waals surface area contributed by atoms with Gasteiger partial charge in [0, 0.05) is 0 Å². The molecule has 0 bridgehead atoms. The zero-order valence-electron chi connectivity index (χ0n) is 11.8. The van der Waals surface area contributed by atoms with Crippen LogP contribution in [0, 0.1) is 0 Å². The predicted molar refractivity (Wildman–Crippen MR) is 76.9 cm³/mol. The van der Waals surface area contributed by atoms with Gasteiger partial charge in [0.25, 0.3) is 0 Å². The molecule has 96 valence electrons. The van der Waals surface area contributed by atoms with E-state index in [1.165, 1.54) is 27.8 Å². The fourth-order valence-electron chi connectivity index (χ4n) is 2.64. The summed E-state index contributed by atoms with van der Waals surface area (Å²) in [6.45, 7) is 11.4. The van der Waals surface area contributed by atoms with Gasteiger partial charge in [-0.15, -0.1) is 0 Å². The first-order valence-electron chi connectivity index (χ1n) is 6.67. The standard InChI is InChI=1S/C16H21.ClH.Zr/c1-10(2)13-8-14-6-12(5)7-16(14)15(9-13)11(3)4;;/h6-11H,1-5H3;1H;/q;;+1/p-1. The third-order valence-corrected chi connectivity index (χ3v) is 7.51. The number of hydrogen-bond acceptors (Lipinski definition) is 0. The molecule has 0 spiro atoms. The third kappa shape index (κ3) is 2.54. The van der Waals surface area contributed by atoms with Gasteiger partial charge in [0.1, 0.15) is 0 Å². The van der Waals surface area contributed by atoms with Gasteiger partial charge in [-0.3, -0.25) is 0 Å². The van der Waals surface area contributed by atoms with Crippen molar-refractivity contribution in [3.63, 3.8) is 0 Å². The summed E-state index contributed by atoms with van der Waals surface area (Å²) in [5, 5.41) is 0. The van der Waals surface area contributed by atoms with Crippen molar-refractivity contribution in [2.75, 3.05) is 0 Å². The Bertz CT molecular complexity index is 486. The minimum atomic E-state index is -0.819. The van der Waals surface area contributed by atoms with Crippen molar-refractivity contribution in [2.24, 2.45) is 0 Å². The normalized spacial score (nSPS) is 18.2. The first-order chi connectivity index (χ1) is 8.45. The molecule has 0 aliphatic heterocycles. The summed E-state index contributed by atoms with van der Waals surface area (Å²) in [6.07, 6.45) is 2.38. The van der Waals surface area contributed by atoms with E-state index in [1.54, 1.807) is 0 Å². The van der Waals surface area contributed by atoms with Crippen LogP contribution in [0.15, 0.2) is 17.7 Å². The molecular formula is C16H21ClZr. The van der Waals surface area contributed by atoms with E-state index >= 15 is 0 Å².